The molecule has 4 amide bonds. The number of carbonyl (C=O) groups is 4. The van der Waals surface area contributed by atoms with Crippen molar-refractivity contribution in [3.05, 3.63) is 29.3 Å². The Kier molecular flexibility index (Phi) is 6.29. The molecule has 0 aromatic heterocycles. The third-order valence-corrected chi connectivity index (χ3v) is 5.13. The highest BCUT2D eigenvalue weighted by Crippen LogP contribution is 2.36. The van der Waals surface area contributed by atoms with E-state index >= 15 is 0 Å². The standard InChI is InChI=1S/C20H25N3O6/c1-3-28-11-12-29-10-9-21-14-6-4-5-13-16(14)18(26)23(17(13)25)20(2)8-7-15(24)22-19(20)27/h4-6,21H,3,7-12H2,1-2H3,(H,22,24,27). The summed E-state index contributed by atoms with van der Waals surface area (Å²) in [5.74, 6) is -2.12. The van der Waals surface area contributed by atoms with Crippen molar-refractivity contribution in [1.29, 1.82) is 0 Å². The van der Waals surface area contributed by atoms with E-state index in [0.29, 0.717) is 38.7 Å². The molecule has 3 rings (SSSR count). The van der Waals surface area contributed by atoms with E-state index in [4.69, 9.17) is 9.47 Å². The van der Waals surface area contributed by atoms with Crippen LogP contribution in [-0.4, -0.2) is 67.0 Å². The van der Waals surface area contributed by atoms with Crippen LogP contribution in [0.25, 0.3) is 0 Å². The van der Waals surface area contributed by atoms with Crippen molar-refractivity contribution in [3.8, 4) is 0 Å². The summed E-state index contributed by atoms with van der Waals surface area (Å²) in [6, 6.07) is 4.95. The van der Waals surface area contributed by atoms with Crippen LogP contribution in [0.1, 0.15) is 47.4 Å². The second-order valence-electron chi connectivity index (χ2n) is 7.06. The smallest absolute Gasteiger partial charge is 0.264 e. The fraction of sp³-hybridized carbons (Fsp3) is 0.500. The maximum atomic E-state index is 13.1. The number of piperidine rings is 1. The minimum atomic E-state index is -1.40. The number of hydrogen-bond acceptors (Lipinski definition) is 7. The van der Waals surface area contributed by atoms with E-state index in [1.807, 2.05) is 6.92 Å². The Morgan fingerprint density at radius 1 is 1.10 bits per heavy atom. The summed E-state index contributed by atoms with van der Waals surface area (Å²) in [7, 11) is 0. The fourth-order valence-corrected chi connectivity index (χ4v) is 3.51. The van der Waals surface area contributed by atoms with Gasteiger partial charge in [0.25, 0.3) is 17.7 Å². The highest BCUT2D eigenvalue weighted by Gasteiger charge is 2.53. The van der Waals surface area contributed by atoms with Crippen LogP contribution >= 0.6 is 0 Å². The third-order valence-electron chi connectivity index (χ3n) is 5.13. The lowest BCUT2D eigenvalue weighted by Gasteiger charge is -2.38. The lowest BCUT2D eigenvalue weighted by Crippen LogP contribution is -2.62. The van der Waals surface area contributed by atoms with Gasteiger partial charge in [-0.3, -0.25) is 29.4 Å². The zero-order chi connectivity index (χ0) is 21.0. The molecule has 1 unspecified atom stereocenters. The van der Waals surface area contributed by atoms with Crippen LogP contribution in [0, 0.1) is 0 Å². The fourth-order valence-electron chi connectivity index (χ4n) is 3.51. The van der Waals surface area contributed by atoms with E-state index in [2.05, 4.69) is 10.6 Å². The van der Waals surface area contributed by atoms with E-state index < -0.39 is 29.2 Å². The van der Waals surface area contributed by atoms with Gasteiger partial charge in [0.15, 0.2) is 0 Å². The average molecular weight is 403 g/mol. The maximum Gasteiger partial charge on any atom is 0.264 e. The molecule has 9 nitrogen and oxygen atoms in total. The van der Waals surface area contributed by atoms with Gasteiger partial charge in [-0.2, -0.15) is 0 Å². The molecule has 2 N–H and O–H groups in total. The molecular weight excluding hydrogens is 378 g/mol. The summed E-state index contributed by atoms with van der Waals surface area (Å²) in [5.41, 5.74) is -0.422. The summed E-state index contributed by atoms with van der Waals surface area (Å²) in [6.07, 6.45) is 0.166. The first kappa shape index (κ1) is 20.9. The zero-order valence-electron chi connectivity index (χ0n) is 16.6. The van der Waals surface area contributed by atoms with Crippen LogP contribution in [0.2, 0.25) is 0 Å². The normalized spacial score (nSPS) is 21.4. The van der Waals surface area contributed by atoms with Crippen LogP contribution in [0.3, 0.4) is 0 Å². The van der Waals surface area contributed by atoms with Crippen LogP contribution in [0.4, 0.5) is 5.69 Å². The molecule has 0 aliphatic carbocycles. The second kappa shape index (κ2) is 8.71. The Labute approximate surface area is 168 Å². The lowest BCUT2D eigenvalue weighted by atomic mass is 9.89. The third kappa shape index (κ3) is 4.01. The van der Waals surface area contributed by atoms with Crippen molar-refractivity contribution in [2.24, 2.45) is 0 Å². The van der Waals surface area contributed by atoms with Crippen molar-refractivity contribution in [3.63, 3.8) is 0 Å². The molecule has 0 radical (unpaired) electrons. The number of nitrogens with one attached hydrogen (secondary N) is 2. The van der Waals surface area contributed by atoms with Gasteiger partial charge in [-0.1, -0.05) is 6.07 Å². The van der Waals surface area contributed by atoms with E-state index in [0.717, 1.165) is 4.90 Å². The first-order valence-corrected chi connectivity index (χ1v) is 9.65. The Morgan fingerprint density at radius 2 is 1.86 bits per heavy atom. The van der Waals surface area contributed by atoms with Gasteiger partial charge in [-0.25, -0.2) is 0 Å². The first-order valence-electron chi connectivity index (χ1n) is 9.65. The Hall–Kier alpha value is -2.78. The van der Waals surface area contributed by atoms with Crippen molar-refractivity contribution < 1.29 is 28.7 Å². The number of anilines is 1. The number of rotatable bonds is 9. The number of imide groups is 2. The van der Waals surface area contributed by atoms with Gasteiger partial charge in [0.05, 0.1) is 30.9 Å². The zero-order valence-corrected chi connectivity index (χ0v) is 16.6. The van der Waals surface area contributed by atoms with Gasteiger partial charge in [-0.15, -0.1) is 0 Å². The van der Waals surface area contributed by atoms with Gasteiger partial charge < -0.3 is 14.8 Å². The van der Waals surface area contributed by atoms with Gasteiger partial charge in [0, 0.05) is 25.3 Å². The summed E-state index contributed by atoms with van der Waals surface area (Å²) >= 11 is 0. The molecule has 29 heavy (non-hydrogen) atoms. The molecule has 1 fully saturated rings. The van der Waals surface area contributed by atoms with E-state index in [-0.39, 0.29) is 24.0 Å². The van der Waals surface area contributed by atoms with Crippen molar-refractivity contribution in [1.82, 2.24) is 10.2 Å². The maximum absolute atomic E-state index is 13.1. The number of hydrogen-bond donors (Lipinski definition) is 2. The first-order chi connectivity index (χ1) is 13.9. The number of fused-ring (bicyclic) bond motifs is 1. The SMILES string of the molecule is CCOCCOCCNc1cccc2c1C(=O)N(C1(C)CCC(=O)NC1=O)C2=O. The number of benzene rings is 1. The summed E-state index contributed by atoms with van der Waals surface area (Å²) < 4.78 is 10.6. The molecule has 2 aliphatic heterocycles. The van der Waals surface area contributed by atoms with Crippen molar-refractivity contribution in [2.45, 2.75) is 32.2 Å². The molecule has 0 spiro atoms. The molecule has 9 heteroatoms. The predicted octanol–water partition coefficient (Wildman–Crippen LogP) is 0.943. The van der Waals surface area contributed by atoms with Gasteiger partial charge in [0.1, 0.15) is 5.54 Å². The monoisotopic (exact) mass is 403 g/mol. The largest absolute Gasteiger partial charge is 0.382 e. The summed E-state index contributed by atoms with van der Waals surface area (Å²) in [5, 5.41) is 5.35. The number of nitrogens with zero attached hydrogens (tertiary/aromatic N) is 1. The minimum Gasteiger partial charge on any atom is -0.382 e. The van der Waals surface area contributed by atoms with Crippen LogP contribution < -0.4 is 10.6 Å². The Balaban J connectivity index is 1.72. The lowest BCUT2D eigenvalue weighted by molar-refractivity contribution is -0.140. The highest BCUT2D eigenvalue weighted by molar-refractivity contribution is 6.26. The quantitative estimate of drug-likeness (QED) is 0.466. The van der Waals surface area contributed by atoms with E-state index in [1.54, 1.807) is 18.2 Å². The molecular formula is C20H25N3O6. The number of ether oxygens (including phenoxy) is 2. The topological polar surface area (TPSA) is 114 Å². The molecule has 1 aromatic rings. The molecule has 1 saturated heterocycles. The van der Waals surface area contributed by atoms with Crippen LogP contribution in [0.15, 0.2) is 18.2 Å². The molecule has 1 atom stereocenters. The Morgan fingerprint density at radius 3 is 2.59 bits per heavy atom. The van der Waals surface area contributed by atoms with Crippen LogP contribution in [-0.2, 0) is 19.1 Å². The molecule has 0 saturated carbocycles. The summed E-state index contributed by atoms with van der Waals surface area (Å²) in [6.45, 7) is 5.89. The average Bonchev–Trinajstić information content (AvgIpc) is 2.96. The van der Waals surface area contributed by atoms with Gasteiger partial charge >= 0.3 is 0 Å². The Bertz CT molecular complexity index is 840. The van der Waals surface area contributed by atoms with Gasteiger partial charge in [-0.05, 0) is 32.4 Å². The summed E-state index contributed by atoms with van der Waals surface area (Å²) in [4.78, 5) is 51.0. The minimum absolute atomic E-state index is 0.0693. The highest BCUT2D eigenvalue weighted by atomic mass is 16.5. The molecule has 2 heterocycles. The molecule has 1 aromatic carbocycles. The van der Waals surface area contributed by atoms with E-state index in [9.17, 15) is 19.2 Å². The van der Waals surface area contributed by atoms with Crippen LogP contribution in [0.5, 0.6) is 0 Å². The number of carbonyl (C=O) groups excluding carboxylic acids is 4. The van der Waals surface area contributed by atoms with Gasteiger partial charge in [0.2, 0.25) is 5.91 Å². The second-order valence-corrected chi connectivity index (χ2v) is 7.06. The predicted molar refractivity (Wildman–Crippen MR) is 104 cm³/mol. The molecule has 0 bridgehead atoms. The van der Waals surface area contributed by atoms with Crippen molar-refractivity contribution >= 4 is 29.3 Å². The van der Waals surface area contributed by atoms with Crippen molar-refractivity contribution in [2.75, 3.05) is 38.3 Å². The molecule has 156 valence electrons. The van der Waals surface area contributed by atoms with E-state index in [1.165, 1.54) is 6.92 Å². The number of amides is 4. The molecule has 2 aliphatic rings.